The Morgan fingerprint density at radius 1 is 1.17 bits per heavy atom. The molecule has 0 aliphatic rings. The fourth-order valence-corrected chi connectivity index (χ4v) is 2.95. The van der Waals surface area contributed by atoms with E-state index in [0.717, 1.165) is 0 Å². The molecule has 0 fully saturated rings. The summed E-state index contributed by atoms with van der Waals surface area (Å²) in [5.74, 6) is 1.40. The number of ether oxygens (including phenoxy) is 2. The molecule has 0 aliphatic heterocycles. The van der Waals surface area contributed by atoms with Crippen LogP contribution in [0.2, 0.25) is 0 Å². The molecule has 1 aromatic carbocycles. The van der Waals surface area contributed by atoms with E-state index in [0.29, 0.717) is 46.4 Å². The molecule has 29 heavy (non-hydrogen) atoms. The summed E-state index contributed by atoms with van der Waals surface area (Å²) in [4.78, 5) is 23.2. The normalized spacial score (nSPS) is 11.8. The molecule has 0 saturated carbocycles. The Morgan fingerprint density at radius 2 is 1.90 bits per heavy atom. The zero-order valence-electron chi connectivity index (χ0n) is 16.7. The van der Waals surface area contributed by atoms with Gasteiger partial charge in [-0.05, 0) is 31.5 Å². The topological polar surface area (TPSA) is 89.1 Å². The highest BCUT2D eigenvalue weighted by Crippen LogP contribution is 2.33. The number of halogens is 1. The van der Waals surface area contributed by atoms with E-state index in [1.54, 1.807) is 24.4 Å². The molecule has 0 saturated heterocycles. The maximum atomic E-state index is 14.5. The lowest BCUT2D eigenvalue weighted by Crippen LogP contribution is -2.11. The predicted octanol–water partition coefficient (Wildman–Crippen LogP) is 3.72. The standard InChI is InChI=1S/C21H23FN4O3/c1-5-14-8-20(27)26-21(25-14)13-6-7-19(23-11-13)24-12(2)15-9-17(28-3)18(29-4)10-16(15)22/h6-12H,5H2,1-4H3,(H,23,24)(H,25,26,27)/t12-/m1/s1. The summed E-state index contributed by atoms with van der Waals surface area (Å²) in [6.45, 7) is 3.76. The van der Waals surface area contributed by atoms with E-state index in [1.807, 2.05) is 13.8 Å². The Bertz CT molecular complexity index is 1050. The van der Waals surface area contributed by atoms with Crippen LogP contribution in [0.4, 0.5) is 10.2 Å². The van der Waals surface area contributed by atoms with Crippen molar-refractivity contribution in [2.24, 2.45) is 0 Å². The molecule has 0 aliphatic carbocycles. The number of hydrogen-bond donors (Lipinski definition) is 2. The Morgan fingerprint density at radius 3 is 2.52 bits per heavy atom. The van der Waals surface area contributed by atoms with Crippen molar-refractivity contribution < 1.29 is 13.9 Å². The van der Waals surface area contributed by atoms with Crippen molar-refractivity contribution in [2.45, 2.75) is 26.3 Å². The van der Waals surface area contributed by atoms with Gasteiger partial charge in [-0.25, -0.2) is 14.4 Å². The van der Waals surface area contributed by atoms with E-state index in [4.69, 9.17) is 9.47 Å². The molecule has 0 unspecified atom stereocenters. The molecular formula is C21H23FN4O3. The highest BCUT2D eigenvalue weighted by Gasteiger charge is 2.16. The molecule has 3 rings (SSSR count). The minimum absolute atomic E-state index is 0.202. The molecule has 2 N–H and O–H groups in total. The van der Waals surface area contributed by atoms with Crippen LogP contribution in [-0.4, -0.2) is 29.2 Å². The predicted molar refractivity (Wildman–Crippen MR) is 109 cm³/mol. The van der Waals surface area contributed by atoms with Crippen molar-refractivity contribution >= 4 is 5.82 Å². The number of nitrogens with zero attached hydrogens (tertiary/aromatic N) is 2. The van der Waals surface area contributed by atoms with Gasteiger partial charge in [0.2, 0.25) is 0 Å². The molecule has 3 aromatic rings. The van der Waals surface area contributed by atoms with E-state index in [1.165, 1.54) is 26.4 Å². The average molecular weight is 398 g/mol. The summed E-state index contributed by atoms with van der Waals surface area (Å²) >= 11 is 0. The van der Waals surface area contributed by atoms with Crippen LogP contribution in [0, 0.1) is 5.82 Å². The van der Waals surface area contributed by atoms with Gasteiger partial charge in [0.25, 0.3) is 5.56 Å². The van der Waals surface area contributed by atoms with Crippen molar-refractivity contribution in [3.63, 3.8) is 0 Å². The van der Waals surface area contributed by atoms with Crippen molar-refractivity contribution in [1.29, 1.82) is 0 Å². The number of aromatic nitrogens is 3. The molecule has 1 atom stereocenters. The van der Waals surface area contributed by atoms with Crippen LogP contribution in [0.3, 0.4) is 0 Å². The first kappa shape index (κ1) is 20.3. The minimum atomic E-state index is -0.405. The molecular weight excluding hydrogens is 375 g/mol. The zero-order valence-corrected chi connectivity index (χ0v) is 16.7. The van der Waals surface area contributed by atoms with Crippen LogP contribution in [0.15, 0.2) is 41.3 Å². The summed E-state index contributed by atoms with van der Waals surface area (Å²) < 4.78 is 24.8. The number of methoxy groups -OCH3 is 2. The Hall–Kier alpha value is -3.42. The lowest BCUT2D eigenvalue weighted by Gasteiger charge is -2.18. The van der Waals surface area contributed by atoms with Gasteiger partial charge in [0.05, 0.1) is 20.3 Å². The van der Waals surface area contributed by atoms with Crippen LogP contribution < -0.4 is 20.3 Å². The van der Waals surface area contributed by atoms with Gasteiger partial charge in [-0.15, -0.1) is 0 Å². The van der Waals surface area contributed by atoms with Crippen LogP contribution in [0.1, 0.15) is 31.1 Å². The lowest BCUT2D eigenvalue weighted by atomic mass is 10.1. The summed E-state index contributed by atoms with van der Waals surface area (Å²) in [7, 11) is 2.96. The first-order valence-electron chi connectivity index (χ1n) is 9.19. The van der Waals surface area contributed by atoms with Gasteiger partial charge in [0.15, 0.2) is 11.5 Å². The number of benzene rings is 1. The van der Waals surface area contributed by atoms with E-state index < -0.39 is 5.82 Å². The maximum Gasteiger partial charge on any atom is 0.251 e. The highest BCUT2D eigenvalue weighted by molar-refractivity contribution is 5.56. The first-order valence-corrected chi connectivity index (χ1v) is 9.19. The van der Waals surface area contributed by atoms with E-state index in [-0.39, 0.29) is 11.6 Å². The number of anilines is 1. The summed E-state index contributed by atoms with van der Waals surface area (Å²) in [5, 5.41) is 3.16. The van der Waals surface area contributed by atoms with Crippen LogP contribution >= 0.6 is 0 Å². The van der Waals surface area contributed by atoms with Crippen LogP contribution in [0.5, 0.6) is 11.5 Å². The van der Waals surface area contributed by atoms with Gasteiger partial charge in [0.1, 0.15) is 17.5 Å². The largest absolute Gasteiger partial charge is 0.493 e. The van der Waals surface area contributed by atoms with Gasteiger partial charge < -0.3 is 19.8 Å². The third kappa shape index (κ3) is 4.53. The monoisotopic (exact) mass is 398 g/mol. The number of H-pyrrole nitrogens is 1. The van der Waals surface area contributed by atoms with E-state index in [2.05, 4.69) is 20.3 Å². The van der Waals surface area contributed by atoms with Gasteiger partial charge >= 0.3 is 0 Å². The summed E-state index contributed by atoms with van der Waals surface area (Å²) in [5.41, 5.74) is 1.62. The number of aryl methyl sites for hydroxylation is 1. The molecule has 152 valence electrons. The molecule has 2 heterocycles. The molecule has 0 radical (unpaired) electrons. The fourth-order valence-electron chi connectivity index (χ4n) is 2.95. The van der Waals surface area contributed by atoms with E-state index in [9.17, 15) is 9.18 Å². The number of pyridine rings is 1. The number of rotatable bonds is 7. The van der Waals surface area contributed by atoms with Crippen LogP contribution in [0.25, 0.3) is 11.4 Å². The maximum absolute atomic E-state index is 14.5. The van der Waals surface area contributed by atoms with Crippen molar-refractivity contribution in [1.82, 2.24) is 15.0 Å². The summed E-state index contributed by atoms with van der Waals surface area (Å²) in [6, 6.07) is 7.56. The lowest BCUT2D eigenvalue weighted by molar-refractivity contribution is 0.351. The highest BCUT2D eigenvalue weighted by atomic mass is 19.1. The van der Waals surface area contributed by atoms with Crippen molar-refractivity contribution in [3.8, 4) is 22.9 Å². The minimum Gasteiger partial charge on any atom is -0.493 e. The second-order valence-corrected chi connectivity index (χ2v) is 6.47. The number of nitrogens with one attached hydrogen (secondary N) is 2. The SMILES string of the molecule is CCc1cc(=O)[nH]c(-c2ccc(N[C@H](C)c3cc(OC)c(OC)cc3F)nc2)n1. The molecule has 8 heteroatoms. The fraction of sp³-hybridized carbons (Fsp3) is 0.286. The van der Waals surface area contributed by atoms with Gasteiger partial charge in [0, 0.05) is 35.2 Å². The molecule has 7 nitrogen and oxygen atoms in total. The Labute approximate surface area is 167 Å². The van der Waals surface area contributed by atoms with E-state index >= 15 is 0 Å². The van der Waals surface area contributed by atoms with Crippen molar-refractivity contribution in [2.75, 3.05) is 19.5 Å². The van der Waals surface area contributed by atoms with Gasteiger partial charge in [-0.3, -0.25) is 4.79 Å². The quantitative estimate of drug-likeness (QED) is 0.631. The molecule has 0 bridgehead atoms. The second kappa shape index (κ2) is 8.72. The Kier molecular flexibility index (Phi) is 6.11. The molecule has 0 amide bonds. The third-order valence-electron chi connectivity index (χ3n) is 4.53. The average Bonchev–Trinajstić information content (AvgIpc) is 2.73. The molecule has 0 spiro atoms. The zero-order chi connectivity index (χ0) is 21.0. The summed E-state index contributed by atoms with van der Waals surface area (Å²) in [6.07, 6.45) is 2.27. The van der Waals surface area contributed by atoms with Gasteiger partial charge in [-0.1, -0.05) is 6.92 Å². The molecule has 2 aromatic heterocycles. The number of aromatic amines is 1. The van der Waals surface area contributed by atoms with Crippen LogP contribution in [-0.2, 0) is 6.42 Å². The van der Waals surface area contributed by atoms with Gasteiger partial charge in [-0.2, -0.15) is 0 Å². The Balaban J connectivity index is 1.81. The smallest absolute Gasteiger partial charge is 0.251 e. The van der Waals surface area contributed by atoms with Crippen molar-refractivity contribution in [3.05, 3.63) is 64.0 Å². The second-order valence-electron chi connectivity index (χ2n) is 6.47. The first-order chi connectivity index (χ1) is 13.9. The third-order valence-corrected chi connectivity index (χ3v) is 4.53. The number of hydrogen-bond acceptors (Lipinski definition) is 6.